The van der Waals surface area contributed by atoms with Crippen molar-refractivity contribution in [2.45, 2.75) is 50.1 Å². The summed E-state index contributed by atoms with van der Waals surface area (Å²) in [4.78, 5) is 28.1. The van der Waals surface area contributed by atoms with Gasteiger partial charge >= 0.3 is 6.16 Å². The van der Waals surface area contributed by atoms with Gasteiger partial charge in [0.25, 0.3) is 0 Å². The molecule has 9 heteroatoms. The molecule has 2 aromatic heterocycles. The Kier molecular flexibility index (Phi) is 4.09. The molecule has 0 unspecified atom stereocenters. The number of aromatic nitrogens is 2. The van der Waals surface area contributed by atoms with E-state index in [2.05, 4.69) is 20.2 Å². The van der Waals surface area contributed by atoms with Crippen LogP contribution >= 0.6 is 0 Å². The zero-order valence-electron chi connectivity index (χ0n) is 15.2. The van der Waals surface area contributed by atoms with E-state index in [1.165, 1.54) is 12.3 Å². The largest absolute Gasteiger partial charge is 0.511 e. The van der Waals surface area contributed by atoms with Crippen molar-refractivity contribution in [2.75, 3.05) is 13.1 Å². The van der Waals surface area contributed by atoms with E-state index < -0.39 is 17.4 Å². The van der Waals surface area contributed by atoms with Gasteiger partial charge in [0.1, 0.15) is 11.5 Å². The molecule has 1 aliphatic carbocycles. The molecule has 5 rings (SSSR count). The van der Waals surface area contributed by atoms with Crippen molar-refractivity contribution in [3.8, 4) is 5.75 Å². The topological polar surface area (TPSA) is 96.7 Å². The molecule has 2 atom stereocenters. The minimum absolute atomic E-state index is 0.0438. The Labute approximate surface area is 159 Å². The highest BCUT2D eigenvalue weighted by Crippen LogP contribution is 2.39. The predicted molar refractivity (Wildman–Crippen MR) is 98.0 cm³/mol. The molecule has 3 aliphatic rings. The maximum absolute atomic E-state index is 15.0. The number of carboxylic acid groups (broad SMARTS) is 1. The summed E-state index contributed by atoms with van der Waals surface area (Å²) in [7, 11) is 0. The molecule has 2 aromatic rings. The number of rotatable bonds is 3. The van der Waals surface area contributed by atoms with Gasteiger partial charge in [-0.1, -0.05) is 0 Å². The molecule has 0 bridgehead atoms. The first-order valence-electron chi connectivity index (χ1n) is 9.67. The Hall–Kier alpha value is -2.52. The van der Waals surface area contributed by atoms with E-state index >= 15 is 0 Å². The molecule has 0 aromatic carbocycles. The third-order valence-corrected chi connectivity index (χ3v) is 5.92. The quantitative estimate of drug-likeness (QED) is 0.779. The van der Waals surface area contributed by atoms with Gasteiger partial charge in [0.15, 0.2) is 5.75 Å². The van der Waals surface area contributed by atoms with E-state index in [9.17, 15) is 14.0 Å². The SMILES string of the molecule is O=C(O)Oc1cn(C2CC2)c2nc([C@H]3C[C@@H]4CCCNN4C3)c(F)cc2c1=O. The summed E-state index contributed by atoms with van der Waals surface area (Å²) in [6.45, 7) is 1.62. The van der Waals surface area contributed by atoms with E-state index in [4.69, 9.17) is 5.11 Å². The number of carbonyl (C=O) groups is 1. The lowest BCUT2D eigenvalue weighted by Crippen LogP contribution is -2.46. The van der Waals surface area contributed by atoms with Crippen LogP contribution in [0.3, 0.4) is 0 Å². The van der Waals surface area contributed by atoms with Gasteiger partial charge in [0.05, 0.1) is 17.3 Å². The summed E-state index contributed by atoms with van der Waals surface area (Å²) in [5.41, 5.74) is 3.49. The van der Waals surface area contributed by atoms with E-state index in [1.54, 1.807) is 4.57 Å². The zero-order valence-corrected chi connectivity index (χ0v) is 15.2. The second kappa shape index (κ2) is 6.52. The molecule has 4 heterocycles. The van der Waals surface area contributed by atoms with Crippen LogP contribution in [-0.4, -0.2) is 45.0 Å². The fraction of sp³-hybridized carbons (Fsp3) is 0.526. The lowest BCUT2D eigenvalue weighted by Gasteiger charge is -2.29. The lowest BCUT2D eigenvalue weighted by atomic mass is 9.98. The van der Waals surface area contributed by atoms with Gasteiger partial charge in [-0.25, -0.2) is 19.2 Å². The van der Waals surface area contributed by atoms with Crippen LogP contribution in [0.25, 0.3) is 11.0 Å². The van der Waals surface area contributed by atoms with Crippen molar-refractivity contribution in [3.05, 3.63) is 34.0 Å². The maximum Gasteiger partial charge on any atom is 0.511 e. The molecule has 0 radical (unpaired) electrons. The van der Waals surface area contributed by atoms with Crippen molar-refractivity contribution in [3.63, 3.8) is 0 Å². The van der Waals surface area contributed by atoms with Crippen molar-refractivity contribution in [1.82, 2.24) is 20.0 Å². The summed E-state index contributed by atoms with van der Waals surface area (Å²) in [6, 6.07) is 1.70. The number of nitrogens with one attached hydrogen (secondary N) is 1. The summed E-state index contributed by atoms with van der Waals surface area (Å²) in [5.74, 6) is -0.884. The third-order valence-electron chi connectivity index (χ3n) is 5.92. The van der Waals surface area contributed by atoms with E-state index in [0.29, 0.717) is 23.9 Å². The standard InChI is InChI=1S/C19H21FN4O4/c20-14-7-13-17(25)15(28-19(26)27)9-23(11-3-4-11)18(13)22-16(14)10-6-12-2-1-5-21-24(12)8-10/h7,9-12,21H,1-6,8H2,(H,26,27)/t10-,12-/m0/s1. The van der Waals surface area contributed by atoms with Gasteiger partial charge in [-0.15, -0.1) is 0 Å². The predicted octanol–water partition coefficient (Wildman–Crippen LogP) is 2.38. The average molecular weight is 388 g/mol. The maximum atomic E-state index is 15.0. The minimum atomic E-state index is -1.57. The van der Waals surface area contributed by atoms with Gasteiger partial charge in [-0.05, 0) is 38.2 Å². The van der Waals surface area contributed by atoms with Crippen LogP contribution in [0, 0.1) is 5.82 Å². The van der Waals surface area contributed by atoms with Crippen LogP contribution in [0.4, 0.5) is 9.18 Å². The van der Waals surface area contributed by atoms with Crippen molar-refractivity contribution < 1.29 is 19.0 Å². The van der Waals surface area contributed by atoms with Gasteiger partial charge in [0.2, 0.25) is 5.43 Å². The molecular formula is C19H21FN4O4. The van der Waals surface area contributed by atoms with Crippen LogP contribution in [0.1, 0.15) is 49.8 Å². The Morgan fingerprint density at radius 2 is 2.14 bits per heavy atom. The van der Waals surface area contributed by atoms with Gasteiger partial charge in [0, 0.05) is 31.1 Å². The Morgan fingerprint density at radius 3 is 2.86 bits per heavy atom. The molecule has 1 saturated carbocycles. The number of hydrogen-bond donors (Lipinski definition) is 2. The van der Waals surface area contributed by atoms with Crippen LogP contribution in [0.5, 0.6) is 5.75 Å². The van der Waals surface area contributed by atoms with Crippen LogP contribution < -0.4 is 15.6 Å². The summed E-state index contributed by atoms with van der Waals surface area (Å²) < 4.78 is 21.4. The monoisotopic (exact) mass is 388 g/mol. The highest BCUT2D eigenvalue weighted by atomic mass is 19.1. The lowest BCUT2D eigenvalue weighted by molar-refractivity contribution is 0.126. The number of ether oxygens (including phenoxy) is 1. The minimum Gasteiger partial charge on any atom is -0.449 e. The summed E-state index contributed by atoms with van der Waals surface area (Å²) in [5, 5.41) is 11.1. The second-order valence-electron chi connectivity index (χ2n) is 7.84. The first kappa shape index (κ1) is 17.6. The highest BCUT2D eigenvalue weighted by molar-refractivity contribution is 5.78. The highest BCUT2D eigenvalue weighted by Gasteiger charge is 2.37. The van der Waals surface area contributed by atoms with Crippen molar-refractivity contribution in [2.24, 2.45) is 0 Å². The fourth-order valence-electron chi connectivity index (χ4n) is 4.46. The molecule has 2 N–H and O–H groups in total. The smallest absolute Gasteiger partial charge is 0.449 e. The van der Waals surface area contributed by atoms with Gasteiger partial charge in [-0.3, -0.25) is 10.2 Å². The van der Waals surface area contributed by atoms with E-state index in [1.807, 2.05) is 0 Å². The normalized spacial score (nSPS) is 25.0. The van der Waals surface area contributed by atoms with Crippen LogP contribution in [-0.2, 0) is 0 Å². The number of hydrogen-bond acceptors (Lipinski definition) is 6. The second-order valence-corrected chi connectivity index (χ2v) is 7.84. The average Bonchev–Trinajstić information content (AvgIpc) is 3.41. The number of pyridine rings is 2. The summed E-state index contributed by atoms with van der Waals surface area (Å²) >= 11 is 0. The summed E-state index contributed by atoms with van der Waals surface area (Å²) in [6.07, 6.45) is 4.65. The number of fused-ring (bicyclic) bond motifs is 2. The molecule has 8 nitrogen and oxygen atoms in total. The number of halogens is 1. The van der Waals surface area contributed by atoms with Gasteiger partial charge < -0.3 is 14.4 Å². The van der Waals surface area contributed by atoms with Crippen LogP contribution in [0.15, 0.2) is 17.1 Å². The van der Waals surface area contributed by atoms with Crippen molar-refractivity contribution >= 4 is 17.2 Å². The molecule has 3 fully saturated rings. The third kappa shape index (κ3) is 2.94. The van der Waals surface area contributed by atoms with E-state index in [-0.39, 0.29) is 23.1 Å². The molecule has 28 heavy (non-hydrogen) atoms. The Morgan fingerprint density at radius 1 is 1.32 bits per heavy atom. The van der Waals surface area contributed by atoms with Crippen LogP contribution in [0.2, 0.25) is 0 Å². The molecule has 0 spiro atoms. The molecule has 148 valence electrons. The molecular weight excluding hydrogens is 367 g/mol. The Bertz CT molecular complexity index is 1010. The molecule has 0 amide bonds. The number of nitrogens with zero attached hydrogens (tertiary/aromatic N) is 3. The first-order chi connectivity index (χ1) is 13.5. The zero-order chi connectivity index (χ0) is 19.4. The van der Waals surface area contributed by atoms with Gasteiger partial charge in [-0.2, -0.15) is 0 Å². The Balaban J connectivity index is 1.61. The van der Waals surface area contributed by atoms with Crippen molar-refractivity contribution in [1.29, 1.82) is 0 Å². The first-order valence-corrected chi connectivity index (χ1v) is 9.67. The fourth-order valence-corrected chi connectivity index (χ4v) is 4.46. The number of hydrazine groups is 1. The molecule has 2 saturated heterocycles. The van der Waals surface area contributed by atoms with E-state index in [0.717, 1.165) is 38.6 Å². The molecule has 2 aliphatic heterocycles.